The summed E-state index contributed by atoms with van der Waals surface area (Å²) in [7, 11) is -1.75. The standard InChI is InChI=1S/C9H13N3O2S/c1-11-5-6-12(15(11,13)14)9-4-2-3-8(10)7-9/h2-4,7H,5-6,10H2,1H3. The molecule has 0 spiro atoms. The molecule has 82 valence electrons. The molecular formula is C9H13N3O2S. The zero-order valence-corrected chi connectivity index (χ0v) is 9.24. The number of hydrogen-bond acceptors (Lipinski definition) is 3. The van der Waals surface area contributed by atoms with Gasteiger partial charge in [0.2, 0.25) is 0 Å². The molecule has 0 atom stereocenters. The molecule has 0 amide bonds. The Morgan fingerprint density at radius 2 is 2.07 bits per heavy atom. The number of likely N-dealkylation sites (N-methyl/N-ethyl adjacent to an activating group) is 1. The van der Waals surface area contributed by atoms with Gasteiger partial charge in [0.15, 0.2) is 0 Å². The molecular weight excluding hydrogens is 214 g/mol. The summed E-state index contributed by atoms with van der Waals surface area (Å²) in [5.74, 6) is 0. The Balaban J connectivity index is 2.41. The first-order chi connectivity index (χ1) is 7.01. The maximum atomic E-state index is 11.8. The van der Waals surface area contributed by atoms with Gasteiger partial charge in [-0.2, -0.15) is 12.7 Å². The van der Waals surface area contributed by atoms with Crippen molar-refractivity contribution in [1.82, 2.24) is 4.31 Å². The predicted octanol–water partition coefficient (Wildman–Crippen LogP) is 0.265. The molecule has 1 heterocycles. The highest BCUT2D eigenvalue weighted by molar-refractivity contribution is 7.90. The molecule has 1 aliphatic heterocycles. The summed E-state index contributed by atoms with van der Waals surface area (Å²) in [6.45, 7) is 0.986. The van der Waals surface area contributed by atoms with E-state index in [1.165, 1.54) is 8.61 Å². The molecule has 1 aliphatic rings. The Kier molecular flexibility index (Phi) is 2.32. The molecule has 0 aliphatic carbocycles. The smallest absolute Gasteiger partial charge is 0.303 e. The van der Waals surface area contributed by atoms with Crippen LogP contribution < -0.4 is 10.0 Å². The molecule has 15 heavy (non-hydrogen) atoms. The quantitative estimate of drug-likeness (QED) is 0.700. The SMILES string of the molecule is CN1CCN(c2cccc(N)c2)S1(=O)=O. The molecule has 0 radical (unpaired) electrons. The van der Waals surface area contributed by atoms with E-state index in [2.05, 4.69) is 0 Å². The van der Waals surface area contributed by atoms with Gasteiger partial charge in [0, 0.05) is 25.8 Å². The van der Waals surface area contributed by atoms with Crippen LogP contribution in [0.5, 0.6) is 0 Å². The van der Waals surface area contributed by atoms with Gasteiger partial charge >= 0.3 is 10.2 Å². The number of rotatable bonds is 1. The number of nitrogens with two attached hydrogens (primary N) is 1. The van der Waals surface area contributed by atoms with Gasteiger partial charge in [-0.15, -0.1) is 0 Å². The minimum atomic E-state index is -3.32. The topological polar surface area (TPSA) is 66.6 Å². The van der Waals surface area contributed by atoms with E-state index >= 15 is 0 Å². The van der Waals surface area contributed by atoms with Gasteiger partial charge in [0.05, 0.1) is 5.69 Å². The van der Waals surface area contributed by atoms with Crippen molar-refractivity contribution in [3.63, 3.8) is 0 Å². The second-order valence-corrected chi connectivity index (χ2v) is 5.46. The van der Waals surface area contributed by atoms with Crippen LogP contribution in [0.3, 0.4) is 0 Å². The lowest BCUT2D eigenvalue weighted by atomic mass is 10.3. The van der Waals surface area contributed by atoms with Crippen molar-refractivity contribution in [2.75, 3.05) is 30.2 Å². The minimum Gasteiger partial charge on any atom is -0.399 e. The van der Waals surface area contributed by atoms with E-state index in [0.29, 0.717) is 24.5 Å². The third kappa shape index (κ3) is 1.66. The third-order valence-corrected chi connectivity index (χ3v) is 4.37. The van der Waals surface area contributed by atoms with Crippen molar-refractivity contribution in [2.24, 2.45) is 0 Å². The van der Waals surface area contributed by atoms with Crippen LogP contribution in [0, 0.1) is 0 Å². The van der Waals surface area contributed by atoms with Gasteiger partial charge in [-0.05, 0) is 18.2 Å². The Morgan fingerprint density at radius 3 is 2.60 bits per heavy atom. The van der Waals surface area contributed by atoms with Crippen LogP contribution >= 0.6 is 0 Å². The van der Waals surface area contributed by atoms with E-state index in [0.717, 1.165) is 0 Å². The fourth-order valence-corrected chi connectivity index (χ4v) is 2.91. The van der Waals surface area contributed by atoms with E-state index in [9.17, 15) is 8.42 Å². The summed E-state index contributed by atoms with van der Waals surface area (Å²) in [5, 5.41) is 0. The summed E-state index contributed by atoms with van der Waals surface area (Å²) in [4.78, 5) is 0. The molecule has 1 saturated heterocycles. The van der Waals surface area contributed by atoms with Gasteiger partial charge in [-0.3, -0.25) is 4.31 Å². The molecule has 6 heteroatoms. The molecule has 1 fully saturated rings. The maximum absolute atomic E-state index is 11.8. The number of nitrogens with zero attached hydrogens (tertiary/aromatic N) is 2. The summed E-state index contributed by atoms with van der Waals surface area (Å²) < 4.78 is 26.3. The second-order valence-electron chi connectivity index (χ2n) is 3.50. The molecule has 0 bridgehead atoms. The highest BCUT2D eigenvalue weighted by Crippen LogP contribution is 2.25. The first kappa shape index (κ1) is 10.3. The van der Waals surface area contributed by atoms with Crippen LogP contribution in [0.2, 0.25) is 0 Å². The van der Waals surface area contributed by atoms with Crippen molar-refractivity contribution < 1.29 is 8.42 Å². The van der Waals surface area contributed by atoms with E-state index in [4.69, 9.17) is 5.73 Å². The lowest BCUT2D eigenvalue weighted by molar-refractivity contribution is 0.511. The van der Waals surface area contributed by atoms with Gasteiger partial charge in [0.25, 0.3) is 0 Å². The largest absolute Gasteiger partial charge is 0.399 e. The Hall–Kier alpha value is -1.27. The van der Waals surface area contributed by atoms with Crippen LogP contribution in [-0.4, -0.2) is 32.9 Å². The van der Waals surface area contributed by atoms with Crippen LogP contribution in [0.25, 0.3) is 0 Å². The summed E-state index contributed by atoms with van der Waals surface area (Å²) in [6, 6.07) is 6.89. The van der Waals surface area contributed by atoms with Gasteiger partial charge in [0.1, 0.15) is 0 Å². The number of benzene rings is 1. The van der Waals surface area contributed by atoms with Crippen LogP contribution in [0.1, 0.15) is 0 Å². The second kappa shape index (κ2) is 3.39. The molecule has 1 aromatic carbocycles. The average molecular weight is 227 g/mol. The first-order valence-corrected chi connectivity index (χ1v) is 6.01. The lowest BCUT2D eigenvalue weighted by Gasteiger charge is -2.18. The van der Waals surface area contributed by atoms with E-state index in [-0.39, 0.29) is 0 Å². The van der Waals surface area contributed by atoms with Crippen LogP contribution in [0.15, 0.2) is 24.3 Å². The van der Waals surface area contributed by atoms with Gasteiger partial charge in [-0.1, -0.05) is 6.07 Å². The molecule has 5 nitrogen and oxygen atoms in total. The molecule has 0 saturated carbocycles. The average Bonchev–Trinajstić information content (AvgIpc) is 2.42. The van der Waals surface area contributed by atoms with Crippen molar-refractivity contribution in [2.45, 2.75) is 0 Å². The van der Waals surface area contributed by atoms with Gasteiger partial charge in [-0.25, -0.2) is 0 Å². The van der Waals surface area contributed by atoms with E-state index < -0.39 is 10.2 Å². The number of anilines is 2. The Morgan fingerprint density at radius 1 is 1.33 bits per heavy atom. The normalized spacial score (nSPS) is 20.7. The van der Waals surface area contributed by atoms with Crippen LogP contribution in [-0.2, 0) is 10.2 Å². The Labute approximate surface area is 89.3 Å². The van der Waals surface area contributed by atoms with E-state index in [1.54, 1.807) is 31.3 Å². The summed E-state index contributed by atoms with van der Waals surface area (Å²) >= 11 is 0. The monoisotopic (exact) mass is 227 g/mol. The van der Waals surface area contributed by atoms with Gasteiger partial charge < -0.3 is 5.73 Å². The van der Waals surface area contributed by atoms with Crippen molar-refractivity contribution in [3.8, 4) is 0 Å². The lowest BCUT2D eigenvalue weighted by Crippen LogP contribution is -2.30. The fourth-order valence-electron chi connectivity index (χ4n) is 1.57. The zero-order valence-electron chi connectivity index (χ0n) is 8.42. The zero-order chi connectivity index (χ0) is 11.1. The van der Waals surface area contributed by atoms with Crippen molar-refractivity contribution >= 4 is 21.6 Å². The first-order valence-electron chi connectivity index (χ1n) is 4.61. The number of nitrogen functional groups attached to an aromatic ring is 1. The maximum Gasteiger partial charge on any atom is 0.303 e. The molecule has 2 rings (SSSR count). The molecule has 1 aromatic rings. The number of hydrogen-bond donors (Lipinski definition) is 1. The molecule has 0 unspecified atom stereocenters. The fraction of sp³-hybridized carbons (Fsp3) is 0.333. The highest BCUT2D eigenvalue weighted by Gasteiger charge is 2.33. The van der Waals surface area contributed by atoms with Crippen LogP contribution in [0.4, 0.5) is 11.4 Å². The summed E-state index contributed by atoms with van der Waals surface area (Å²) in [5.41, 5.74) is 6.81. The Bertz CT molecular complexity index is 472. The molecule has 2 N–H and O–H groups in total. The van der Waals surface area contributed by atoms with Crippen molar-refractivity contribution in [1.29, 1.82) is 0 Å². The summed E-state index contributed by atoms with van der Waals surface area (Å²) in [6.07, 6.45) is 0. The highest BCUT2D eigenvalue weighted by atomic mass is 32.2. The van der Waals surface area contributed by atoms with Crippen molar-refractivity contribution in [3.05, 3.63) is 24.3 Å². The third-order valence-electron chi connectivity index (χ3n) is 2.45. The minimum absolute atomic E-state index is 0.474. The van der Waals surface area contributed by atoms with E-state index in [1.807, 2.05) is 0 Å². The molecule has 0 aromatic heterocycles. The predicted molar refractivity (Wildman–Crippen MR) is 59.8 cm³/mol.